The molecule has 4 rings (SSSR count). The van der Waals surface area contributed by atoms with Gasteiger partial charge < -0.3 is 24.5 Å². The van der Waals surface area contributed by atoms with E-state index in [1.165, 1.54) is 0 Å². The lowest BCUT2D eigenvalue weighted by Gasteiger charge is -2.36. The van der Waals surface area contributed by atoms with Gasteiger partial charge in [0.2, 0.25) is 11.8 Å². The molecule has 1 aliphatic rings. The van der Waals surface area contributed by atoms with E-state index in [4.69, 9.17) is 37.9 Å². The number of unbranched alkanes of at least 4 members (excludes halogenated alkanes) is 2. The van der Waals surface area contributed by atoms with Gasteiger partial charge in [-0.25, -0.2) is 10.5 Å². The van der Waals surface area contributed by atoms with Crippen LogP contribution in [0.5, 0.6) is 0 Å². The molecule has 4 N–H and O–H groups in total. The van der Waals surface area contributed by atoms with Crippen molar-refractivity contribution in [1.29, 1.82) is 0 Å². The molecule has 0 radical (unpaired) electrons. The van der Waals surface area contributed by atoms with Crippen molar-refractivity contribution < 1.29 is 29.4 Å². The molecule has 2 amide bonds. The molecule has 2 aromatic carbocycles. The van der Waals surface area contributed by atoms with E-state index >= 15 is 0 Å². The molecule has 214 valence electrons. The molecule has 0 bridgehead atoms. The number of hydrogen-bond acceptors (Lipinski definition) is 7. The van der Waals surface area contributed by atoms with E-state index in [9.17, 15) is 14.7 Å². The molecule has 0 spiro atoms. The fourth-order valence-corrected chi connectivity index (χ4v) is 4.83. The van der Waals surface area contributed by atoms with Crippen molar-refractivity contribution in [3.05, 3.63) is 81.9 Å². The Bertz CT molecular complexity index is 1290. The number of anilines is 1. The summed E-state index contributed by atoms with van der Waals surface area (Å²) >= 11 is 12.3. The zero-order chi connectivity index (χ0) is 28.5. The molecule has 1 aliphatic heterocycles. The fourth-order valence-electron chi connectivity index (χ4n) is 4.51. The first kappa shape index (κ1) is 30.0. The lowest BCUT2D eigenvalue weighted by atomic mass is 10.00. The Morgan fingerprint density at radius 2 is 1.75 bits per heavy atom. The first-order chi connectivity index (χ1) is 19.4. The van der Waals surface area contributed by atoms with Crippen molar-refractivity contribution >= 4 is 40.7 Å². The predicted molar refractivity (Wildman–Crippen MR) is 149 cm³/mol. The van der Waals surface area contributed by atoms with E-state index in [2.05, 4.69) is 10.3 Å². The quantitative estimate of drug-likeness (QED) is 0.127. The van der Waals surface area contributed by atoms with Gasteiger partial charge in [-0.15, -0.1) is 0 Å². The van der Waals surface area contributed by atoms with E-state index < -0.39 is 12.2 Å². The molecule has 1 saturated heterocycles. The number of benzene rings is 2. The predicted octanol–water partition coefficient (Wildman–Crippen LogP) is 5.32. The summed E-state index contributed by atoms with van der Waals surface area (Å²) in [4.78, 5) is 27.6. The number of aromatic nitrogens is 2. The van der Waals surface area contributed by atoms with Gasteiger partial charge in [-0.2, -0.15) is 0 Å². The molecule has 40 heavy (non-hydrogen) atoms. The molecule has 1 aromatic heterocycles. The number of aliphatic hydroxyl groups is 1. The number of hydroxylamine groups is 1. The second-order valence-electron chi connectivity index (χ2n) is 9.60. The number of carbonyl (C=O) groups excluding carboxylic acids is 2. The number of nitrogens with one attached hydrogen (secondary N) is 2. The summed E-state index contributed by atoms with van der Waals surface area (Å²) in [7, 11) is 0. The van der Waals surface area contributed by atoms with Gasteiger partial charge in [-0.1, -0.05) is 66.0 Å². The Hall–Kier alpha value is -2.99. The highest BCUT2D eigenvalue weighted by atomic mass is 35.5. The minimum atomic E-state index is -0.714. The average molecular weight is 591 g/mol. The number of ether oxygens (including phenoxy) is 2. The van der Waals surface area contributed by atoms with Crippen LogP contribution >= 0.6 is 23.2 Å². The van der Waals surface area contributed by atoms with Crippen LogP contribution in [0.3, 0.4) is 0 Å². The average Bonchev–Trinajstić information content (AvgIpc) is 3.29. The largest absolute Gasteiger partial charge is 0.392 e. The SMILES string of the molecule is O=C(CCCCCC(=O)Nc1cccc([C@@H]2O[C@H](Cn3cnc(Cl)c3Cl)C[C@H](c3ccc(CO)cc3)O2)c1)NO. The first-order valence-corrected chi connectivity index (χ1v) is 13.8. The van der Waals surface area contributed by atoms with Crippen LogP contribution < -0.4 is 10.8 Å². The van der Waals surface area contributed by atoms with Gasteiger partial charge >= 0.3 is 0 Å². The van der Waals surface area contributed by atoms with Crippen molar-refractivity contribution in [2.75, 3.05) is 5.32 Å². The topological polar surface area (TPSA) is 135 Å². The minimum Gasteiger partial charge on any atom is -0.392 e. The number of amides is 2. The summed E-state index contributed by atoms with van der Waals surface area (Å²) < 4.78 is 14.5. The number of carbonyl (C=O) groups is 2. The molecule has 0 aliphatic carbocycles. The number of aliphatic hydroxyl groups excluding tert-OH is 1. The van der Waals surface area contributed by atoms with Crippen LogP contribution in [-0.2, 0) is 32.2 Å². The number of nitrogens with zero attached hydrogens (tertiary/aromatic N) is 2. The lowest BCUT2D eigenvalue weighted by Crippen LogP contribution is -2.32. The third-order valence-corrected chi connectivity index (χ3v) is 7.39. The molecule has 2 heterocycles. The second kappa shape index (κ2) is 14.6. The standard InChI is InChI=1S/C28H32Cl2N4O6/c29-26-27(30)34(17-31-26)15-22-14-23(19-11-9-18(16-35)10-12-19)40-28(39-22)20-5-4-6-21(13-20)32-24(36)7-2-1-3-8-25(37)33-38/h4-6,9-13,17,22-23,28,35,38H,1-3,7-8,14-16H2,(H,32,36)(H,33,37)/t22-,23+,28+/m0/s1. The monoisotopic (exact) mass is 590 g/mol. The maximum Gasteiger partial charge on any atom is 0.243 e. The van der Waals surface area contributed by atoms with Gasteiger partial charge in [0, 0.05) is 30.5 Å². The maximum absolute atomic E-state index is 12.5. The van der Waals surface area contributed by atoms with E-state index in [1.54, 1.807) is 22.4 Å². The van der Waals surface area contributed by atoms with E-state index in [0.717, 1.165) is 16.7 Å². The van der Waals surface area contributed by atoms with Crippen molar-refractivity contribution in [3.8, 4) is 0 Å². The summed E-state index contributed by atoms with van der Waals surface area (Å²) in [5, 5.41) is 21.4. The van der Waals surface area contributed by atoms with Gasteiger partial charge in [0.15, 0.2) is 11.4 Å². The summed E-state index contributed by atoms with van der Waals surface area (Å²) in [5.74, 6) is -0.572. The fraction of sp³-hybridized carbons (Fsp3) is 0.393. The van der Waals surface area contributed by atoms with E-state index in [-0.39, 0.29) is 36.3 Å². The first-order valence-electron chi connectivity index (χ1n) is 13.1. The Labute approximate surface area is 242 Å². The van der Waals surface area contributed by atoms with Crippen LogP contribution in [0.4, 0.5) is 5.69 Å². The Kier molecular flexibility index (Phi) is 10.9. The summed E-state index contributed by atoms with van der Waals surface area (Å²) in [6, 6.07) is 14.9. The molecule has 1 fully saturated rings. The lowest BCUT2D eigenvalue weighted by molar-refractivity contribution is -0.252. The molecule has 3 atom stereocenters. The highest BCUT2D eigenvalue weighted by Crippen LogP contribution is 2.39. The van der Waals surface area contributed by atoms with Gasteiger partial charge in [-0.05, 0) is 36.1 Å². The number of imidazole rings is 1. The maximum atomic E-state index is 12.5. The second-order valence-corrected chi connectivity index (χ2v) is 10.3. The number of halogens is 2. The van der Waals surface area contributed by atoms with Crippen LogP contribution in [0.1, 0.15) is 67.6 Å². The highest BCUT2D eigenvalue weighted by Gasteiger charge is 2.33. The smallest absolute Gasteiger partial charge is 0.243 e. The van der Waals surface area contributed by atoms with Crippen molar-refractivity contribution in [3.63, 3.8) is 0 Å². The van der Waals surface area contributed by atoms with E-state index in [0.29, 0.717) is 49.5 Å². The molecule has 0 unspecified atom stereocenters. The van der Waals surface area contributed by atoms with E-state index in [1.807, 2.05) is 42.5 Å². The van der Waals surface area contributed by atoms with Crippen LogP contribution in [0.15, 0.2) is 54.9 Å². The van der Waals surface area contributed by atoms with Gasteiger partial charge in [0.25, 0.3) is 0 Å². The van der Waals surface area contributed by atoms with Crippen LogP contribution in [0.2, 0.25) is 10.3 Å². The van der Waals surface area contributed by atoms with Gasteiger partial charge in [0.1, 0.15) is 5.15 Å². The highest BCUT2D eigenvalue weighted by molar-refractivity contribution is 6.40. The molecular weight excluding hydrogens is 559 g/mol. The van der Waals surface area contributed by atoms with Crippen LogP contribution in [0.25, 0.3) is 0 Å². The minimum absolute atomic E-state index is 0.0422. The Morgan fingerprint density at radius 1 is 1.00 bits per heavy atom. The summed E-state index contributed by atoms with van der Waals surface area (Å²) in [6.07, 6.45) is 3.27. The zero-order valence-corrected chi connectivity index (χ0v) is 23.3. The van der Waals surface area contributed by atoms with Crippen molar-refractivity contribution in [1.82, 2.24) is 15.0 Å². The molecule has 3 aromatic rings. The van der Waals surface area contributed by atoms with Crippen molar-refractivity contribution in [2.45, 2.75) is 70.2 Å². The normalized spacial score (nSPS) is 18.9. The van der Waals surface area contributed by atoms with Gasteiger partial charge in [0.05, 0.1) is 31.7 Å². The number of rotatable bonds is 12. The van der Waals surface area contributed by atoms with Crippen molar-refractivity contribution in [2.24, 2.45) is 0 Å². The third kappa shape index (κ3) is 8.26. The zero-order valence-electron chi connectivity index (χ0n) is 21.8. The number of hydrogen-bond donors (Lipinski definition) is 4. The van der Waals surface area contributed by atoms with Gasteiger partial charge in [-0.3, -0.25) is 14.8 Å². The Morgan fingerprint density at radius 3 is 2.42 bits per heavy atom. The van der Waals surface area contributed by atoms with Crippen LogP contribution in [0, 0.1) is 0 Å². The molecule has 12 heteroatoms. The third-order valence-electron chi connectivity index (χ3n) is 6.62. The summed E-state index contributed by atoms with van der Waals surface area (Å²) in [5.41, 5.74) is 4.72. The Balaban J connectivity index is 1.44. The van der Waals surface area contributed by atoms with Crippen LogP contribution in [-0.4, -0.2) is 37.8 Å². The molecule has 10 nitrogen and oxygen atoms in total. The molecule has 0 saturated carbocycles. The molecular formula is C28H32Cl2N4O6. The summed E-state index contributed by atoms with van der Waals surface area (Å²) in [6.45, 7) is 0.374.